The molecule has 0 saturated heterocycles. The summed E-state index contributed by atoms with van der Waals surface area (Å²) in [5, 5.41) is 6.00. The first-order chi connectivity index (χ1) is 9.60. The Morgan fingerprint density at radius 2 is 2.00 bits per heavy atom. The Morgan fingerprint density at radius 1 is 1.20 bits per heavy atom. The van der Waals surface area contributed by atoms with Crippen LogP contribution in [-0.4, -0.2) is 17.4 Å². The molecular formula is C16H19N3O. The third kappa shape index (κ3) is 3.35. The summed E-state index contributed by atoms with van der Waals surface area (Å²) in [5.74, 6) is 0.513. The molecule has 4 nitrogen and oxygen atoms in total. The number of nitrogens with zero attached hydrogens (tertiary/aromatic N) is 1. The molecule has 0 aliphatic heterocycles. The zero-order chi connectivity index (χ0) is 14.5. The minimum atomic E-state index is -0.196. The lowest BCUT2D eigenvalue weighted by molar-refractivity contribution is 0.102. The molecule has 0 radical (unpaired) electrons. The van der Waals surface area contributed by atoms with E-state index in [0.717, 1.165) is 23.4 Å². The minimum absolute atomic E-state index is 0.196. The number of anilines is 2. The first-order valence-electron chi connectivity index (χ1n) is 6.69. The van der Waals surface area contributed by atoms with Crippen LogP contribution in [0, 0.1) is 13.8 Å². The van der Waals surface area contributed by atoms with E-state index in [4.69, 9.17) is 0 Å². The average molecular weight is 269 g/mol. The number of hydrogen-bond acceptors (Lipinski definition) is 3. The van der Waals surface area contributed by atoms with Gasteiger partial charge in [-0.1, -0.05) is 18.2 Å². The maximum Gasteiger partial charge on any atom is 0.274 e. The molecule has 0 unspecified atom stereocenters. The van der Waals surface area contributed by atoms with Crippen LogP contribution in [0.4, 0.5) is 11.5 Å². The summed E-state index contributed by atoms with van der Waals surface area (Å²) in [6.45, 7) is 6.73. The lowest BCUT2D eigenvalue weighted by atomic mass is 10.1. The van der Waals surface area contributed by atoms with Gasteiger partial charge in [0.15, 0.2) is 0 Å². The SMILES string of the molecule is CCNc1cccc(C(=O)Nc2cc(C)ccc2C)n1. The summed E-state index contributed by atoms with van der Waals surface area (Å²) in [7, 11) is 0. The molecule has 0 atom stereocenters. The predicted octanol–water partition coefficient (Wildman–Crippen LogP) is 3.38. The van der Waals surface area contributed by atoms with E-state index in [1.165, 1.54) is 0 Å². The van der Waals surface area contributed by atoms with Gasteiger partial charge in [-0.2, -0.15) is 0 Å². The molecule has 1 aromatic heterocycles. The molecule has 0 saturated carbocycles. The molecule has 104 valence electrons. The van der Waals surface area contributed by atoms with Crippen molar-refractivity contribution in [3.63, 3.8) is 0 Å². The molecule has 20 heavy (non-hydrogen) atoms. The van der Waals surface area contributed by atoms with Crippen LogP contribution in [0.5, 0.6) is 0 Å². The number of carbonyl (C=O) groups is 1. The normalized spacial score (nSPS) is 10.2. The van der Waals surface area contributed by atoms with Gasteiger partial charge in [-0.25, -0.2) is 4.98 Å². The van der Waals surface area contributed by atoms with Gasteiger partial charge in [-0.15, -0.1) is 0 Å². The van der Waals surface area contributed by atoms with Crippen molar-refractivity contribution in [3.05, 3.63) is 53.2 Å². The highest BCUT2D eigenvalue weighted by molar-refractivity contribution is 6.03. The van der Waals surface area contributed by atoms with Crippen LogP contribution in [0.25, 0.3) is 0 Å². The Labute approximate surface area is 119 Å². The molecule has 2 N–H and O–H groups in total. The van der Waals surface area contributed by atoms with Crippen molar-refractivity contribution in [1.29, 1.82) is 0 Å². The number of rotatable bonds is 4. The third-order valence-electron chi connectivity index (χ3n) is 2.98. The van der Waals surface area contributed by atoms with Gasteiger partial charge < -0.3 is 10.6 Å². The van der Waals surface area contributed by atoms with Gasteiger partial charge in [0.1, 0.15) is 11.5 Å². The summed E-state index contributed by atoms with van der Waals surface area (Å²) < 4.78 is 0. The van der Waals surface area contributed by atoms with Crippen molar-refractivity contribution >= 4 is 17.4 Å². The van der Waals surface area contributed by atoms with Crippen molar-refractivity contribution in [3.8, 4) is 0 Å². The van der Waals surface area contributed by atoms with E-state index < -0.39 is 0 Å². The number of pyridine rings is 1. The van der Waals surface area contributed by atoms with Crippen molar-refractivity contribution in [2.24, 2.45) is 0 Å². The molecule has 1 heterocycles. The van der Waals surface area contributed by atoms with Gasteiger partial charge in [0.05, 0.1) is 0 Å². The highest BCUT2D eigenvalue weighted by atomic mass is 16.1. The zero-order valence-electron chi connectivity index (χ0n) is 12.0. The fraction of sp³-hybridized carbons (Fsp3) is 0.250. The van der Waals surface area contributed by atoms with Crippen LogP contribution < -0.4 is 10.6 Å². The summed E-state index contributed by atoms with van der Waals surface area (Å²) in [6, 6.07) is 11.4. The van der Waals surface area contributed by atoms with Gasteiger partial charge in [-0.05, 0) is 50.1 Å². The van der Waals surface area contributed by atoms with Crippen LogP contribution in [0.1, 0.15) is 28.5 Å². The van der Waals surface area contributed by atoms with Gasteiger partial charge in [0.2, 0.25) is 0 Å². The molecule has 0 fully saturated rings. The van der Waals surface area contributed by atoms with E-state index in [-0.39, 0.29) is 5.91 Å². The van der Waals surface area contributed by atoms with Crippen molar-refractivity contribution in [1.82, 2.24) is 4.98 Å². The Hall–Kier alpha value is -2.36. The fourth-order valence-corrected chi connectivity index (χ4v) is 1.90. The van der Waals surface area contributed by atoms with E-state index in [1.54, 1.807) is 6.07 Å². The number of nitrogens with one attached hydrogen (secondary N) is 2. The molecule has 1 amide bonds. The topological polar surface area (TPSA) is 54.0 Å². The minimum Gasteiger partial charge on any atom is -0.370 e. The second-order valence-electron chi connectivity index (χ2n) is 4.71. The van der Waals surface area contributed by atoms with Gasteiger partial charge >= 0.3 is 0 Å². The number of amides is 1. The Morgan fingerprint density at radius 3 is 2.75 bits per heavy atom. The Bertz CT molecular complexity index is 623. The zero-order valence-corrected chi connectivity index (χ0v) is 12.0. The van der Waals surface area contributed by atoms with Crippen LogP contribution >= 0.6 is 0 Å². The van der Waals surface area contributed by atoms with Gasteiger partial charge in [-0.3, -0.25) is 4.79 Å². The Balaban J connectivity index is 2.19. The van der Waals surface area contributed by atoms with Crippen molar-refractivity contribution < 1.29 is 4.79 Å². The van der Waals surface area contributed by atoms with E-state index in [1.807, 2.05) is 51.1 Å². The maximum atomic E-state index is 12.2. The van der Waals surface area contributed by atoms with Crippen LogP contribution in [0.3, 0.4) is 0 Å². The standard InChI is InChI=1S/C16H19N3O/c1-4-17-15-7-5-6-13(18-15)16(20)19-14-10-11(2)8-9-12(14)3/h5-10H,4H2,1-3H3,(H,17,18)(H,19,20). The monoisotopic (exact) mass is 269 g/mol. The first kappa shape index (κ1) is 14.1. The molecule has 0 aliphatic rings. The number of aromatic nitrogens is 1. The van der Waals surface area contributed by atoms with Gasteiger partial charge in [0, 0.05) is 12.2 Å². The molecule has 2 rings (SSSR count). The quantitative estimate of drug-likeness (QED) is 0.894. The summed E-state index contributed by atoms with van der Waals surface area (Å²) >= 11 is 0. The highest BCUT2D eigenvalue weighted by Gasteiger charge is 2.09. The summed E-state index contributed by atoms with van der Waals surface area (Å²) in [5.41, 5.74) is 3.38. The van der Waals surface area contributed by atoms with Crippen molar-refractivity contribution in [2.45, 2.75) is 20.8 Å². The lowest BCUT2D eigenvalue weighted by Crippen LogP contribution is -2.15. The molecule has 2 aromatic rings. The average Bonchev–Trinajstić information content (AvgIpc) is 2.43. The second kappa shape index (κ2) is 6.19. The van der Waals surface area contributed by atoms with E-state index in [2.05, 4.69) is 15.6 Å². The molecule has 0 bridgehead atoms. The second-order valence-corrected chi connectivity index (χ2v) is 4.71. The largest absolute Gasteiger partial charge is 0.370 e. The summed E-state index contributed by atoms with van der Waals surface area (Å²) in [4.78, 5) is 16.5. The van der Waals surface area contributed by atoms with Crippen molar-refractivity contribution in [2.75, 3.05) is 17.2 Å². The third-order valence-corrected chi connectivity index (χ3v) is 2.98. The number of aryl methyl sites for hydroxylation is 2. The smallest absolute Gasteiger partial charge is 0.274 e. The summed E-state index contributed by atoms with van der Waals surface area (Å²) in [6.07, 6.45) is 0. The molecule has 0 aliphatic carbocycles. The predicted molar refractivity (Wildman–Crippen MR) is 82.3 cm³/mol. The van der Waals surface area contributed by atoms with E-state index in [9.17, 15) is 4.79 Å². The number of hydrogen-bond donors (Lipinski definition) is 2. The molecule has 1 aromatic carbocycles. The Kier molecular flexibility index (Phi) is 4.35. The molecule has 4 heteroatoms. The maximum absolute atomic E-state index is 12.2. The van der Waals surface area contributed by atoms with Crippen LogP contribution in [-0.2, 0) is 0 Å². The van der Waals surface area contributed by atoms with E-state index in [0.29, 0.717) is 11.5 Å². The molecular weight excluding hydrogens is 250 g/mol. The van der Waals surface area contributed by atoms with E-state index >= 15 is 0 Å². The number of benzene rings is 1. The van der Waals surface area contributed by atoms with Crippen LogP contribution in [0.15, 0.2) is 36.4 Å². The highest BCUT2D eigenvalue weighted by Crippen LogP contribution is 2.17. The van der Waals surface area contributed by atoms with Crippen LogP contribution in [0.2, 0.25) is 0 Å². The first-order valence-corrected chi connectivity index (χ1v) is 6.69. The fourth-order valence-electron chi connectivity index (χ4n) is 1.90. The molecule has 0 spiro atoms. The number of carbonyl (C=O) groups excluding carboxylic acids is 1. The lowest BCUT2D eigenvalue weighted by Gasteiger charge is -2.10. The van der Waals surface area contributed by atoms with Gasteiger partial charge in [0.25, 0.3) is 5.91 Å².